The third-order valence-corrected chi connectivity index (χ3v) is 2.27. The van der Waals surface area contributed by atoms with E-state index in [9.17, 15) is 0 Å². The average Bonchev–Trinajstić information content (AvgIpc) is 2.30. The van der Waals surface area contributed by atoms with E-state index >= 15 is 0 Å². The smallest absolute Gasteiger partial charge is 0.132 e. The van der Waals surface area contributed by atoms with Crippen molar-refractivity contribution in [3.05, 3.63) is 36.4 Å². The Kier molecular flexibility index (Phi) is 2.58. The zero-order valence-corrected chi connectivity index (χ0v) is 8.73. The van der Waals surface area contributed by atoms with Crippen molar-refractivity contribution in [2.45, 2.75) is 6.92 Å². The van der Waals surface area contributed by atoms with Crippen LogP contribution in [0, 0.1) is 6.92 Å². The highest BCUT2D eigenvalue weighted by molar-refractivity contribution is 5.67. The van der Waals surface area contributed by atoms with E-state index in [-0.39, 0.29) is 0 Å². The van der Waals surface area contributed by atoms with Crippen LogP contribution >= 0.6 is 0 Å². The van der Waals surface area contributed by atoms with E-state index in [0.717, 1.165) is 22.6 Å². The lowest BCUT2D eigenvalue weighted by molar-refractivity contribution is 1.12. The number of aromatic nitrogens is 3. The fourth-order valence-corrected chi connectivity index (χ4v) is 1.50. The molecule has 0 amide bonds. The molecule has 0 spiro atoms. The van der Waals surface area contributed by atoms with Crippen LogP contribution in [0.25, 0.3) is 11.3 Å². The van der Waals surface area contributed by atoms with Gasteiger partial charge in [-0.05, 0) is 19.1 Å². The molecule has 0 saturated heterocycles. The van der Waals surface area contributed by atoms with Crippen LogP contribution in [0.15, 0.2) is 30.9 Å². The fraction of sp³-hybridized carbons (Fsp3) is 0.182. The zero-order valence-electron chi connectivity index (χ0n) is 8.73. The van der Waals surface area contributed by atoms with Crippen molar-refractivity contribution in [3.63, 3.8) is 0 Å². The molecule has 0 radical (unpaired) electrons. The van der Waals surface area contributed by atoms with E-state index in [2.05, 4.69) is 20.3 Å². The minimum absolute atomic E-state index is 0.858. The van der Waals surface area contributed by atoms with Crippen LogP contribution in [0.1, 0.15) is 5.56 Å². The van der Waals surface area contributed by atoms with Crippen molar-refractivity contribution in [3.8, 4) is 11.3 Å². The second-order valence-electron chi connectivity index (χ2n) is 3.18. The molecule has 0 saturated carbocycles. The molecule has 4 nitrogen and oxygen atoms in total. The van der Waals surface area contributed by atoms with Gasteiger partial charge >= 0.3 is 0 Å². The van der Waals surface area contributed by atoms with Gasteiger partial charge in [0.05, 0.1) is 5.69 Å². The lowest BCUT2D eigenvalue weighted by Gasteiger charge is -2.08. The molecular formula is C11H12N4. The van der Waals surface area contributed by atoms with Crippen LogP contribution < -0.4 is 5.32 Å². The van der Waals surface area contributed by atoms with E-state index in [0.29, 0.717) is 0 Å². The molecule has 0 aliphatic rings. The predicted octanol–water partition coefficient (Wildman–Crippen LogP) is 1.89. The molecule has 0 bridgehead atoms. The Morgan fingerprint density at radius 2 is 1.87 bits per heavy atom. The molecule has 76 valence electrons. The number of rotatable bonds is 2. The molecular weight excluding hydrogens is 188 g/mol. The summed E-state index contributed by atoms with van der Waals surface area (Å²) in [6.45, 7) is 2.00. The zero-order chi connectivity index (χ0) is 10.7. The van der Waals surface area contributed by atoms with Gasteiger partial charge in [0.1, 0.15) is 12.1 Å². The Labute approximate surface area is 88.4 Å². The fourth-order valence-electron chi connectivity index (χ4n) is 1.50. The third-order valence-electron chi connectivity index (χ3n) is 2.27. The SMILES string of the molecule is CNc1ncnc(-c2ccncc2)c1C. The molecule has 15 heavy (non-hydrogen) atoms. The summed E-state index contributed by atoms with van der Waals surface area (Å²) in [7, 11) is 1.85. The number of nitrogens with zero attached hydrogens (tertiary/aromatic N) is 3. The molecule has 0 aliphatic carbocycles. The van der Waals surface area contributed by atoms with Gasteiger partial charge < -0.3 is 5.32 Å². The van der Waals surface area contributed by atoms with Crippen LogP contribution in [0.2, 0.25) is 0 Å². The Hall–Kier alpha value is -1.97. The lowest BCUT2D eigenvalue weighted by Crippen LogP contribution is -1.99. The van der Waals surface area contributed by atoms with E-state index in [4.69, 9.17) is 0 Å². The molecule has 1 N–H and O–H groups in total. The topological polar surface area (TPSA) is 50.7 Å². The van der Waals surface area contributed by atoms with Crippen LogP contribution in [0.5, 0.6) is 0 Å². The largest absolute Gasteiger partial charge is 0.373 e. The van der Waals surface area contributed by atoms with E-state index in [1.807, 2.05) is 26.1 Å². The second kappa shape index (κ2) is 4.04. The summed E-state index contributed by atoms with van der Waals surface area (Å²) in [5.41, 5.74) is 3.05. The van der Waals surface area contributed by atoms with Crippen molar-refractivity contribution < 1.29 is 0 Å². The van der Waals surface area contributed by atoms with Gasteiger partial charge in [0.15, 0.2) is 0 Å². The number of hydrogen-bond donors (Lipinski definition) is 1. The molecule has 0 aliphatic heterocycles. The van der Waals surface area contributed by atoms with E-state index in [1.165, 1.54) is 0 Å². The van der Waals surface area contributed by atoms with Crippen LogP contribution in [0.3, 0.4) is 0 Å². The van der Waals surface area contributed by atoms with Gasteiger partial charge in [-0.2, -0.15) is 0 Å². The van der Waals surface area contributed by atoms with Crippen LogP contribution in [0.4, 0.5) is 5.82 Å². The summed E-state index contributed by atoms with van der Waals surface area (Å²) in [6, 6.07) is 3.88. The van der Waals surface area contributed by atoms with Gasteiger partial charge in [-0.15, -0.1) is 0 Å². The minimum Gasteiger partial charge on any atom is -0.373 e. The first kappa shape index (κ1) is 9.58. The summed E-state index contributed by atoms with van der Waals surface area (Å²) >= 11 is 0. The summed E-state index contributed by atoms with van der Waals surface area (Å²) in [5, 5.41) is 3.04. The maximum absolute atomic E-state index is 4.28. The molecule has 2 aromatic heterocycles. The lowest BCUT2D eigenvalue weighted by atomic mass is 10.1. The standard InChI is InChI=1S/C11H12N4/c1-8-10(9-3-5-13-6-4-9)14-7-15-11(8)12-2/h3-7H,1-2H3,(H,12,14,15). The molecule has 2 heterocycles. The first-order valence-electron chi connectivity index (χ1n) is 4.72. The normalized spacial score (nSPS) is 10.0. The summed E-state index contributed by atoms with van der Waals surface area (Å²) in [4.78, 5) is 12.4. The Balaban J connectivity index is 2.54. The van der Waals surface area contributed by atoms with E-state index < -0.39 is 0 Å². The van der Waals surface area contributed by atoms with E-state index in [1.54, 1.807) is 18.7 Å². The molecule has 0 unspecified atom stereocenters. The molecule has 0 atom stereocenters. The first-order chi connectivity index (χ1) is 7.33. The van der Waals surface area contributed by atoms with Crippen molar-refractivity contribution in [1.29, 1.82) is 0 Å². The summed E-state index contributed by atoms with van der Waals surface area (Å²) in [6.07, 6.45) is 5.08. The number of nitrogens with one attached hydrogen (secondary N) is 1. The molecule has 4 heteroatoms. The monoisotopic (exact) mass is 200 g/mol. The van der Waals surface area contributed by atoms with Gasteiger partial charge in [0.25, 0.3) is 0 Å². The van der Waals surface area contributed by atoms with Crippen molar-refractivity contribution >= 4 is 5.82 Å². The summed E-state index contributed by atoms with van der Waals surface area (Å²) in [5.74, 6) is 0.858. The van der Waals surface area contributed by atoms with Crippen LogP contribution in [-0.4, -0.2) is 22.0 Å². The number of pyridine rings is 1. The highest BCUT2D eigenvalue weighted by Gasteiger charge is 2.06. The second-order valence-corrected chi connectivity index (χ2v) is 3.18. The number of hydrogen-bond acceptors (Lipinski definition) is 4. The van der Waals surface area contributed by atoms with Gasteiger partial charge in [-0.3, -0.25) is 4.98 Å². The van der Waals surface area contributed by atoms with Gasteiger partial charge in [-0.25, -0.2) is 9.97 Å². The minimum atomic E-state index is 0.858. The maximum atomic E-state index is 4.28. The highest BCUT2D eigenvalue weighted by Crippen LogP contribution is 2.23. The Bertz CT molecular complexity index is 453. The summed E-state index contributed by atoms with van der Waals surface area (Å²) < 4.78 is 0. The van der Waals surface area contributed by atoms with Crippen molar-refractivity contribution in [1.82, 2.24) is 15.0 Å². The predicted molar refractivity (Wildman–Crippen MR) is 59.5 cm³/mol. The third kappa shape index (κ3) is 1.79. The van der Waals surface area contributed by atoms with Crippen molar-refractivity contribution in [2.75, 3.05) is 12.4 Å². The molecule has 2 rings (SSSR count). The Morgan fingerprint density at radius 3 is 2.53 bits per heavy atom. The number of anilines is 1. The van der Waals surface area contributed by atoms with Crippen molar-refractivity contribution in [2.24, 2.45) is 0 Å². The molecule has 0 aromatic carbocycles. The quantitative estimate of drug-likeness (QED) is 0.804. The average molecular weight is 200 g/mol. The first-order valence-corrected chi connectivity index (χ1v) is 4.72. The Morgan fingerprint density at radius 1 is 1.13 bits per heavy atom. The van der Waals surface area contributed by atoms with Crippen LogP contribution in [-0.2, 0) is 0 Å². The van der Waals surface area contributed by atoms with Gasteiger partial charge in [-0.1, -0.05) is 0 Å². The maximum Gasteiger partial charge on any atom is 0.132 e. The van der Waals surface area contributed by atoms with Gasteiger partial charge in [0, 0.05) is 30.6 Å². The molecule has 2 aromatic rings. The highest BCUT2D eigenvalue weighted by atomic mass is 15.0. The van der Waals surface area contributed by atoms with Gasteiger partial charge in [0.2, 0.25) is 0 Å². The molecule has 0 fully saturated rings.